The summed E-state index contributed by atoms with van der Waals surface area (Å²) in [5.41, 5.74) is 2.70. The maximum atomic E-state index is 12.9. The Morgan fingerprint density at radius 1 is 1.12 bits per heavy atom. The number of halogens is 1. The number of benzene rings is 2. The SMILES string of the molecule is CCn1nc(C)cc1C(=O)Nc1ccc(Br)cc1C(=O)c1ccccc1. The predicted octanol–water partition coefficient (Wildman–Crippen LogP) is 4.46. The standard InChI is InChI=1S/C20H18BrN3O2/c1-3-24-18(11-13(2)23-24)20(26)22-17-10-9-15(21)12-16(17)19(25)14-7-5-4-6-8-14/h4-12H,3H2,1-2H3,(H,22,26). The van der Waals surface area contributed by atoms with Crippen molar-refractivity contribution in [2.24, 2.45) is 0 Å². The number of carbonyl (C=O) groups is 2. The van der Waals surface area contributed by atoms with Gasteiger partial charge >= 0.3 is 0 Å². The maximum Gasteiger partial charge on any atom is 0.273 e. The van der Waals surface area contributed by atoms with Crippen LogP contribution in [-0.2, 0) is 6.54 Å². The van der Waals surface area contributed by atoms with Gasteiger partial charge in [-0.05, 0) is 38.1 Å². The molecule has 0 saturated heterocycles. The quantitative estimate of drug-likeness (QED) is 0.630. The molecule has 0 unspecified atom stereocenters. The summed E-state index contributed by atoms with van der Waals surface area (Å²) < 4.78 is 2.41. The van der Waals surface area contributed by atoms with Gasteiger partial charge in [-0.3, -0.25) is 14.3 Å². The number of hydrogen-bond donors (Lipinski definition) is 1. The minimum absolute atomic E-state index is 0.151. The summed E-state index contributed by atoms with van der Waals surface area (Å²) in [5, 5.41) is 7.14. The maximum absolute atomic E-state index is 12.9. The van der Waals surface area contributed by atoms with E-state index < -0.39 is 0 Å². The van der Waals surface area contributed by atoms with Crippen molar-refractivity contribution in [3.05, 3.63) is 81.6 Å². The van der Waals surface area contributed by atoms with Crippen LogP contribution in [0.2, 0.25) is 0 Å². The second-order valence-corrected chi connectivity index (χ2v) is 6.74. The van der Waals surface area contributed by atoms with E-state index in [4.69, 9.17) is 0 Å². The van der Waals surface area contributed by atoms with E-state index in [9.17, 15) is 9.59 Å². The number of carbonyl (C=O) groups excluding carboxylic acids is 2. The number of nitrogens with zero attached hydrogens (tertiary/aromatic N) is 2. The fraction of sp³-hybridized carbons (Fsp3) is 0.150. The highest BCUT2D eigenvalue weighted by Gasteiger charge is 2.18. The van der Waals surface area contributed by atoms with Gasteiger partial charge < -0.3 is 5.32 Å². The number of ketones is 1. The molecule has 3 rings (SSSR count). The van der Waals surface area contributed by atoms with Gasteiger partial charge in [0.25, 0.3) is 5.91 Å². The van der Waals surface area contributed by atoms with E-state index in [1.54, 1.807) is 41.1 Å². The molecule has 26 heavy (non-hydrogen) atoms. The van der Waals surface area contributed by atoms with Crippen LogP contribution in [0.1, 0.15) is 39.0 Å². The van der Waals surface area contributed by atoms with E-state index in [1.807, 2.05) is 32.0 Å². The number of nitrogens with one attached hydrogen (secondary N) is 1. The molecule has 1 heterocycles. The molecule has 1 N–H and O–H groups in total. The van der Waals surface area contributed by atoms with Crippen LogP contribution in [0.5, 0.6) is 0 Å². The van der Waals surface area contributed by atoms with Crippen molar-refractivity contribution >= 4 is 33.3 Å². The first kappa shape index (κ1) is 18.1. The molecule has 0 aliphatic rings. The van der Waals surface area contributed by atoms with Crippen LogP contribution >= 0.6 is 15.9 Å². The molecule has 0 bridgehead atoms. The van der Waals surface area contributed by atoms with Crippen LogP contribution in [0.4, 0.5) is 5.69 Å². The zero-order valence-electron chi connectivity index (χ0n) is 14.5. The smallest absolute Gasteiger partial charge is 0.273 e. The Kier molecular flexibility index (Phi) is 5.32. The van der Waals surface area contributed by atoms with Crippen molar-refractivity contribution in [1.82, 2.24) is 9.78 Å². The molecule has 2 aromatic carbocycles. The van der Waals surface area contributed by atoms with Gasteiger partial charge in [-0.15, -0.1) is 0 Å². The van der Waals surface area contributed by atoms with E-state index in [-0.39, 0.29) is 11.7 Å². The monoisotopic (exact) mass is 411 g/mol. The Balaban J connectivity index is 1.96. The summed E-state index contributed by atoms with van der Waals surface area (Å²) >= 11 is 3.40. The van der Waals surface area contributed by atoms with E-state index in [0.29, 0.717) is 29.1 Å². The fourth-order valence-corrected chi connectivity index (χ4v) is 3.08. The molecule has 0 atom stereocenters. The van der Waals surface area contributed by atoms with E-state index in [1.165, 1.54) is 0 Å². The largest absolute Gasteiger partial charge is 0.320 e. The third kappa shape index (κ3) is 3.75. The van der Waals surface area contributed by atoms with E-state index in [0.717, 1.165) is 10.2 Å². The summed E-state index contributed by atoms with van der Waals surface area (Å²) in [7, 11) is 0. The normalized spacial score (nSPS) is 10.6. The number of rotatable bonds is 5. The first-order chi connectivity index (χ1) is 12.5. The van der Waals surface area contributed by atoms with E-state index >= 15 is 0 Å². The van der Waals surface area contributed by atoms with Crippen LogP contribution in [0, 0.1) is 6.92 Å². The molecule has 3 aromatic rings. The molecule has 0 aliphatic heterocycles. The van der Waals surface area contributed by atoms with Gasteiger partial charge in [0.05, 0.1) is 11.4 Å². The van der Waals surface area contributed by atoms with Gasteiger partial charge in [-0.2, -0.15) is 5.10 Å². The van der Waals surface area contributed by atoms with Gasteiger partial charge in [0.15, 0.2) is 5.78 Å². The lowest BCUT2D eigenvalue weighted by Crippen LogP contribution is -2.19. The number of aromatic nitrogens is 2. The van der Waals surface area contributed by atoms with E-state index in [2.05, 4.69) is 26.3 Å². The third-order valence-electron chi connectivity index (χ3n) is 3.94. The molecule has 0 spiro atoms. The molecule has 1 amide bonds. The average Bonchev–Trinajstić information content (AvgIpc) is 3.04. The highest BCUT2D eigenvalue weighted by Crippen LogP contribution is 2.24. The zero-order valence-corrected chi connectivity index (χ0v) is 16.1. The van der Waals surface area contributed by atoms with Crippen molar-refractivity contribution in [2.75, 3.05) is 5.32 Å². The minimum Gasteiger partial charge on any atom is -0.320 e. The Labute approximate surface area is 160 Å². The number of hydrogen-bond acceptors (Lipinski definition) is 3. The predicted molar refractivity (Wildman–Crippen MR) is 105 cm³/mol. The summed E-state index contributed by atoms with van der Waals surface area (Å²) in [6.45, 7) is 4.35. The molecule has 0 fully saturated rings. The zero-order chi connectivity index (χ0) is 18.7. The first-order valence-electron chi connectivity index (χ1n) is 8.24. The summed E-state index contributed by atoms with van der Waals surface area (Å²) in [5.74, 6) is -0.445. The second kappa shape index (κ2) is 7.66. The van der Waals surface area contributed by atoms with Gasteiger partial charge in [-0.1, -0.05) is 46.3 Å². The summed E-state index contributed by atoms with van der Waals surface area (Å²) in [4.78, 5) is 25.6. The summed E-state index contributed by atoms with van der Waals surface area (Å²) in [6.07, 6.45) is 0. The Hall–Kier alpha value is -2.73. The molecular weight excluding hydrogens is 394 g/mol. The number of aryl methyl sites for hydroxylation is 2. The molecular formula is C20H18BrN3O2. The van der Waals surface area contributed by atoms with Crippen LogP contribution in [-0.4, -0.2) is 21.5 Å². The second-order valence-electron chi connectivity index (χ2n) is 5.83. The Morgan fingerprint density at radius 2 is 1.85 bits per heavy atom. The van der Waals surface area contributed by atoms with Gasteiger partial charge in [0.1, 0.15) is 5.69 Å². The number of anilines is 1. The molecule has 1 aromatic heterocycles. The minimum atomic E-state index is -0.295. The van der Waals surface area contributed by atoms with Crippen LogP contribution in [0.15, 0.2) is 59.1 Å². The molecule has 0 aliphatic carbocycles. The van der Waals surface area contributed by atoms with Crippen molar-refractivity contribution in [3.8, 4) is 0 Å². The fourth-order valence-electron chi connectivity index (χ4n) is 2.71. The topological polar surface area (TPSA) is 64.0 Å². The first-order valence-corrected chi connectivity index (χ1v) is 9.04. The third-order valence-corrected chi connectivity index (χ3v) is 4.44. The van der Waals surface area contributed by atoms with Crippen LogP contribution in [0.3, 0.4) is 0 Å². The van der Waals surface area contributed by atoms with Gasteiger partial charge in [0, 0.05) is 22.1 Å². The highest BCUT2D eigenvalue weighted by atomic mass is 79.9. The molecule has 0 saturated carbocycles. The number of amides is 1. The lowest BCUT2D eigenvalue weighted by Gasteiger charge is -2.12. The Bertz CT molecular complexity index is 964. The van der Waals surface area contributed by atoms with Crippen molar-refractivity contribution in [2.45, 2.75) is 20.4 Å². The van der Waals surface area contributed by atoms with Gasteiger partial charge in [0.2, 0.25) is 0 Å². The molecule has 0 radical (unpaired) electrons. The Morgan fingerprint density at radius 3 is 2.54 bits per heavy atom. The van der Waals surface area contributed by atoms with Crippen LogP contribution < -0.4 is 5.32 Å². The lowest BCUT2D eigenvalue weighted by molar-refractivity contribution is 0.101. The molecule has 6 heteroatoms. The summed E-state index contributed by atoms with van der Waals surface area (Å²) in [6, 6.07) is 15.9. The molecule has 132 valence electrons. The lowest BCUT2D eigenvalue weighted by atomic mass is 10.0. The average molecular weight is 412 g/mol. The highest BCUT2D eigenvalue weighted by molar-refractivity contribution is 9.10. The van der Waals surface area contributed by atoms with Crippen molar-refractivity contribution in [1.29, 1.82) is 0 Å². The van der Waals surface area contributed by atoms with Crippen molar-refractivity contribution < 1.29 is 9.59 Å². The van der Waals surface area contributed by atoms with Crippen molar-refractivity contribution in [3.63, 3.8) is 0 Å². The van der Waals surface area contributed by atoms with Gasteiger partial charge in [-0.25, -0.2) is 0 Å². The molecule has 5 nitrogen and oxygen atoms in total. The van der Waals surface area contributed by atoms with Crippen LogP contribution in [0.25, 0.3) is 0 Å².